The summed E-state index contributed by atoms with van der Waals surface area (Å²) in [4.78, 5) is 9.29. The van der Waals surface area contributed by atoms with Crippen LogP contribution in [0.15, 0.2) is 29.2 Å². The van der Waals surface area contributed by atoms with Gasteiger partial charge < -0.3 is 5.11 Å². The predicted molar refractivity (Wildman–Crippen MR) is 69.6 cm³/mol. The van der Waals surface area contributed by atoms with E-state index in [1.54, 1.807) is 4.72 Å². The third kappa shape index (κ3) is 4.39. The molecular weight excluding hydrogens is 329 g/mol. The minimum atomic E-state index is -4.97. The van der Waals surface area contributed by atoms with Crippen molar-refractivity contribution in [1.29, 1.82) is 0 Å². The number of sulfonamides is 1. The molecule has 2 N–H and O–H groups in total. The number of halogens is 3. The molecule has 22 heavy (non-hydrogen) atoms. The second-order valence-electron chi connectivity index (χ2n) is 4.37. The summed E-state index contributed by atoms with van der Waals surface area (Å²) in [5.74, 6) is 0. The molecule has 2 atom stereocenters. The second-order valence-corrected chi connectivity index (χ2v) is 6.09. The lowest BCUT2D eigenvalue weighted by atomic mass is 10.1. The Hall–Kier alpha value is -1.72. The Balaban J connectivity index is 3.01. The van der Waals surface area contributed by atoms with Gasteiger partial charge in [0.05, 0.1) is 15.9 Å². The van der Waals surface area contributed by atoms with Crippen molar-refractivity contribution >= 4 is 15.7 Å². The summed E-state index contributed by atoms with van der Waals surface area (Å²) in [5, 5.41) is 19.6. The van der Waals surface area contributed by atoms with E-state index in [1.165, 1.54) is 6.92 Å². The second kappa shape index (κ2) is 6.58. The van der Waals surface area contributed by atoms with Crippen LogP contribution in [-0.4, -0.2) is 36.8 Å². The maximum atomic E-state index is 12.4. The molecule has 0 saturated carbocycles. The molecule has 0 radical (unpaired) electrons. The molecule has 0 aromatic heterocycles. The van der Waals surface area contributed by atoms with Crippen LogP contribution in [0.5, 0.6) is 0 Å². The highest BCUT2D eigenvalue weighted by atomic mass is 32.2. The number of hydrogen-bond acceptors (Lipinski definition) is 5. The number of nitro groups is 1. The van der Waals surface area contributed by atoms with Gasteiger partial charge in [0, 0.05) is 12.1 Å². The Morgan fingerprint density at radius 2 is 1.82 bits per heavy atom. The Morgan fingerprint density at radius 3 is 2.18 bits per heavy atom. The van der Waals surface area contributed by atoms with Gasteiger partial charge >= 0.3 is 6.18 Å². The minimum Gasteiger partial charge on any atom is -0.382 e. The average Bonchev–Trinajstić information content (AvgIpc) is 2.43. The van der Waals surface area contributed by atoms with Crippen LogP contribution in [0.2, 0.25) is 0 Å². The molecule has 1 rings (SSSR count). The average molecular weight is 342 g/mol. The fraction of sp³-hybridized carbons (Fsp3) is 0.455. The summed E-state index contributed by atoms with van der Waals surface area (Å²) in [6, 6.07) is 1.85. The first-order valence-electron chi connectivity index (χ1n) is 6.00. The van der Waals surface area contributed by atoms with Crippen LogP contribution in [0, 0.1) is 10.1 Å². The Morgan fingerprint density at radius 1 is 1.32 bits per heavy atom. The van der Waals surface area contributed by atoms with Gasteiger partial charge in [0.2, 0.25) is 10.0 Å². The predicted octanol–water partition coefficient (Wildman–Crippen LogP) is 1.57. The number of rotatable bonds is 6. The van der Waals surface area contributed by atoms with Crippen LogP contribution in [-0.2, 0) is 10.0 Å². The molecule has 1 aromatic carbocycles. The van der Waals surface area contributed by atoms with Gasteiger partial charge in [-0.05, 0) is 18.6 Å². The summed E-state index contributed by atoms with van der Waals surface area (Å²) in [6.45, 7) is 1.28. The molecule has 124 valence electrons. The Kier molecular flexibility index (Phi) is 5.49. The SMILES string of the molecule is CCC(NS(=O)(=O)c1ccc([N+](=O)[O-])cc1)C(O)C(F)(F)F. The maximum Gasteiger partial charge on any atom is 0.415 e. The molecule has 2 unspecified atom stereocenters. The first kappa shape index (κ1) is 18.3. The van der Waals surface area contributed by atoms with Crippen molar-refractivity contribution in [2.24, 2.45) is 0 Å². The first-order valence-corrected chi connectivity index (χ1v) is 7.49. The molecule has 0 aliphatic rings. The third-order valence-electron chi connectivity index (χ3n) is 2.82. The molecule has 0 aliphatic heterocycles. The van der Waals surface area contributed by atoms with Gasteiger partial charge in [-0.1, -0.05) is 6.92 Å². The van der Waals surface area contributed by atoms with Crippen LogP contribution >= 0.6 is 0 Å². The quantitative estimate of drug-likeness (QED) is 0.602. The lowest BCUT2D eigenvalue weighted by molar-refractivity contribution is -0.384. The topological polar surface area (TPSA) is 110 Å². The van der Waals surface area contributed by atoms with Crippen molar-refractivity contribution in [3.63, 3.8) is 0 Å². The number of benzene rings is 1. The minimum absolute atomic E-state index is 0.299. The van der Waals surface area contributed by atoms with E-state index in [0.29, 0.717) is 0 Å². The number of hydrogen-bond donors (Lipinski definition) is 2. The summed E-state index contributed by atoms with van der Waals surface area (Å²) in [7, 11) is -4.35. The normalized spacial score (nSPS) is 15.3. The molecule has 0 fully saturated rings. The highest BCUT2D eigenvalue weighted by molar-refractivity contribution is 7.89. The molecule has 0 aliphatic carbocycles. The summed E-state index contributed by atoms with van der Waals surface area (Å²) >= 11 is 0. The fourth-order valence-electron chi connectivity index (χ4n) is 1.61. The van der Waals surface area contributed by atoms with Gasteiger partial charge in [-0.2, -0.15) is 13.2 Å². The van der Waals surface area contributed by atoms with E-state index < -0.39 is 38.2 Å². The number of alkyl halides is 3. The Labute approximate surface area is 124 Å². The van der Waals surface area contributed by atoms with Crippen molar-refractivity contribution in [3.8, 4) is 0 Å². The van der Waals surface area contributed by atoms with Crippen LogP contribution < -0.4 is 4.72 Å². The zero-order chi connectivity index (χ0) is 17.1. The van der Waals surface area contributed by atoms with Crippen molar-refractivity contribution in [3.05, 3.63) is 34.4 Å². The van der Waals surface area contributed by atoms with Crippen LogP contribution in [0.4, 0.5) is 18.9 Å². The van der Waals surface area contributed by atoms with E-state index in [1.807, 2.05) is 0 Å². The molecule has 11 heteroatoms. The standard InChI is InChI=1S/C11H13F3N2O5S/c1-2-9(10(17)11(12,13)14)15-22(20,21)8-5-3-7(4-6-8)16(18)19/h3-6,9-10,15,17H,2H2,1H3. The summed E-state index contributed by atoms with van der Waals surface area (Å²) in [6.07, 6.45) is -8.13. The largest absolute Gasteiger partial charge is 0.415 e. The highest BCUT2D eigenvalue weighted by Gasteiger charge is 2.44. The van der Waals surface area contributed by atoms with Crippen molar-refractivity contribution < 1.29 is 31.6 Å². The molecule has 0 amide bonds. The lowest BCUT2D eigenvalue weighted by Gasteiger charge is -2.24. The maximum absolute atomic E-state index is 12.4. The van der Waals surface area contributed by atoms with Crippen LogP contribution in [0.3, 0.4) is 0 Å². The zero-order valence-electron chi connectivity index (χ0n) is 11.2. The van der Waals surface area contributed by atoms with Crippen LogP contribution in [0.1, 0.15) is 13.3 Å². The number of aliphatic hydroxyl groups is 1. The highest BCUT2D eigenvalue weighted by Crippen LogP contribution is 2.25. The first-order chi connectivity index (χ1) is 9.99. The van der Waals surface area contributed by atoms with E-state index >= 15 is 0 Å². The summed E-state index contributed by atoms with van der Waals surface area (Å²) < 4.78 is 63.0. The fourth-order valence-corrected chi connectivity index (χ4v) is 2.94. The smallest absolute Gasteiger partial charge is 0.382 e. The molecule has 0 spiro atoms. The van der Waals surface area contributed by atoms with Gasteiger partial charge in [-0.25, -0.2) is 13.1 Å². The number of non-ortho nitro benzene ring substituents is 1. The van der Waals surface area contributed by atoms with E-state index in [4.69, 9.17) is 5.11 Å². The number of nitrogens with one attached hydrogen (secondary N) is 1. The third-order valence-corrected chi connectivity index (χ3v) is 4.33. The van der Waals surface area contributed by atoms with Crippen molar-refractivity contribution in [2.75, 3.05) is 0 Å². The van der Waals surface area contributed by atoms with E-state index in [2.05, 4.69) is 0 Å². The number of nitrogens with zero attached hydrogens (tertiary/aromatic N) is 1. The van der Waals surface area contributed by atoms with Crippen LogP contribution in [0.25, 0.3) is 0 Å². The Bertz CT molecular complexity index is 630. The molecular formula is C11H13F3N2O5S. The summed E-state index contributed by atoms with van der Waals surface area (Å²) in [5.41, 5.74) is -0.360. The van der Waals surface area contributed by atoms with Gasteiger partial charge in [0.15, 0.2) is 6.10 Å². The van der Waals surface area contributed by atoms with Gasteiger partial charge in [-0.3, -0.25) is 10.1 Å². The number of nitro benzene ring substituents is 1. The van der Waals surface area contributed by atoms with Crippen molar-refractivity contribution in [2.45, 2.75) is 36.6 Å². The zero-order valence-corrected chi connectivity index (χ0v) is 12.1. The van der Waals surface area contributed by atoms with Gasteiger partial charge in [0.25, 0.3) is 5.69 Å². The molecule has 0 bridgehead atoms. The monoisotopic (exact) mass is 342 g/mol. The molecule has 7 nitrogen and oxygen atoms in total. The van der Waals surface area contributed by atoms with E-state index in [0.717, 1.165) is 24.3 Å². The van der Waals surface area contributed by atoms with Crippen molar-refractivity contribution in [1.82, 2.24) is 4.72 Å². The molecule has 0 heterocycles. The molecule has 0 saturated heterocycles. The van der Waals surface area contributed by atoms with E-state index in [9.17, 15) is 31.7 Å². The lowest BCUT2D eigenvalue weighted by Crippen LogP contribution is -2.49. The van der Waals surface area contributed by atoms with Gasteiger partial charge in [0.1, 0.15) is 0 Å². The van der Waals surface area contributed by atoms with Gasteiger partial charge in [-0.15, -0.1) is 0 Å². The van der Waals surface area contributed by atoms with E-state index in [-0.39, 0.29) is 12.1 Å². The molecule has 1 aromatic rings. The number of aliphatic hydroxyl groups excluding tert-OH is 1.